The molecule has 0 amide bonds. The van der Waals surface area contributed by atoms with Crippen LogP contribution in [-0.4, -0.2) is 32.2 Å². The number of fused-ring (bicyclic) bond motifs is 1. The maximum Gasteiger partial charge on any atom is 0.360 e. The van der Waals surface area contributed by atoms with Gasteiger partial charge in [-0.25, -0.2) is 4.79 Å². The summed E-state index contributed by atoms with van der Waals surface area (Å²) in [6, 6.07) is 7.45. The van der Waals surface area contributed by atoms with E-state index < -0.39 is 23.4 Å². The van der Waals surface area contributed by atoms with Crippen molar-refractivity contribution in [3.05, 3.63) is 35.4 Å². The van der Waals surface area contributed by atoms with Crippen molar-refractivity contribution in [3.8, 4) is 0 Å². The summed E-state index contributed by atoms with van der Waals surface area (Å²) in [5.74, 6) is -0.635. The lowest BCUT2D eigenvalue weighted by molar-refractivity contribution is -0.140. The predicted molar refractivity (Wildman–Crippen MR) is 71.5 cm³/mol. The van der Waals surface area contributed by atoms with E-state index >= 15 is 0 Å². The number of hydrogen-bond acceptors (Lipinski definition) is 4. The fraction of sp³-hybridized carbons (Fsp3) is 0.462. The van der Waals surface area contributed by atoms with E-state index in [1.807, 2.05) is 36.1 Å². The summed E-state index contributed by atoms with van der Waals surface area (Å²) in [4.78, 5) is 13.9. The smallest absolute Gasteiger partial charge is 0.342 e. The SMILES string of the molecule is CCCN1Cc2ccccc2CC1C(=O)OS(=O)O. The Bertz CT molecular complexity index is 491. The molecule has 6 heteroatoms. The van der Waals surface area contributed by atoms with Crippen LogP contribution in [0, 0.1) is 0 Å². The fourth-order valence-corrected chi connectivity index (χ4v) is 2.71. The zero-order valence-corrected chi connectivity index (χ0v) is 11.6. The van der Waals surface area contributed by atoms with Crippen LogP contribution in [0.25, 0.3) is 0 Å². The van der Waals surface area contributed by atoms with Gasteiger partial charge in [0.15, 0.2) is 0 Å². The normalized spacial score (nSPS) is 20.6. The van der Waals surface area contributed by atoms with Crippen molar-refractivity contribution in [3.63, 3.8) is 0 Å². The lowest BCUT2D eigenvalue weighted by Crippen LogP contribution is -2.46. The molecule has 1 heterocycles. The summed E-state index contributed by atoms with van der Waals surface area (Å²) in [6.07, 6.45) is 1.43. The Morgan fingerprint density at radius 3 is 2.79 bits per heavy atom. The highest BCUT2D eigenvalue weighted by Gasteiger charge is 2.32. The monoisotopic (exact) mass is 283 g/mol. The maximum absolute atomic E-state index is 11.9. The van der Waals surface area contributed by atoms with Crippen molar-refractivity contribution < 1.29 is 17.7 Å². The molecule has 1 N–H and O–H groups in total. The fourth-order valence-electron chi connectivity index (χ4n) is 2.46. The van der Waals surface area contributed by atoms with Gasteiger partial charge in [0.25, 0.3) is 0 Å². The van der Waals surface area contributed by atoms with Crippen LogP contribution >= 0.6 is 0 Å². The first kappa shape index (κ1) is 14.2. The quantitative estimate of drug-likeness (QED) is 0.848. The van der Waals surface area contributed by atoms with Gasteiger partial charge in [-0.3, -0.25) is 9.45 Å². The second-order valence-electron chi connectivity index (χ2n) is 4.58. The van der Waals surface area contributed by atoms with E-state index in [1.165, 1.54) is 5.56 Å². The standard InChI is InChI=1S/C13H17NO4S/c1-2-7-14-9-11-6-4-3-5-10(11)8-12(14)13(15)18-19(16)17/h3-6,12H,2,7-9H2,1H3,(H,16,17). The Labute approximate surface area is 115 Å². The van der Waals surface area contributed by atoms with Gasteiger partial charge in [0.2, 0.25) is 0 Å². The number of benzene rings is 1. The highest BCUT2D eigenvalue weighted by Crippen LogP contribution is 2.24. The lowest BCUT2D eigenvalue weighted by atomic mass is 9.94. The van der Waals surface area contributed by atoms with Gasteiger partial charge in [0.05, 0.1) is 0 Å². The van der Waals surface area contributed by atoms with Crippen molar-refractivity contribution in [2.75, 3.05) is 6.54 Å². The molecule has 2 atom stereocenters. The van der Waals surface area contributed by atoms with Gasteiger partial charge >= 0.3 is 17.3 Å². The molecule has 1 aromatic carbocycles. The molecule has 2 unspecified atom stereocenters. The third kappa shape index (κ3) is 3.40. The molecule has 0 saturated carbocycles. The molecule has 1 aliphatic heterocycles. The minimum absolute atomic E-state index is 0.481. The first-order valence-electron chi connectivity index (χ1n) is 6.25. The van der Waals surface area contributed by atoms with E-state index in [9.17, 15) is 9.00 Å². The molecule has 0 bridgehead atoms. The molecule has 0 fully saturated rings. The molecule has 2 rings (SSSR count). The van der Waals surface area contributed by atoms with Gasteiger partial charge in [0.1, 0.15) is 6.04 Å². The van der Waals surface area contributed by atoms with Crippen molar-refractivity contribution in [2.45, 2.75) is 32.4 Å². The minimum Gasteiger partial charge on any atom is -0.342 e. The Balaban J connectivity index is 2.21. The van der Waals surface area contributed by atoms with Gasteiger partial charge in [-0.2, -0.15) is 4.21 Å². The van der Waals surface area contributed by atoms with Gasteiger partial charge < -0.3 is 4.18 Å². The van der Waals surface area contributed by atoms with Gasteiger partial charge in [-0.1, -0.05) is 31.2 Å². The molecule has 104 valence electrons. The molecule has 0 radical (unpaired) electrons. The summed E-state index contributed by atoms with van der Waals surface area (Å²) in [5, 5.41) is 0. The molecule has 5 nitrogen and oxygen atoms in total. The van der Waals surface area contributed by atoms with E-state index in [2.05, 4.69) is 4.18 Å². The molecule has 0 saturated heterocycles. The third-order valence-electron chi connectivity index (χ3n) is 3.28. The van der Waals surface area contributed by atoms with Crippen molar-refractivity contribution in [1.29, 1.82) is 0 Å². The molecule has 0 spiro atoms. The summed E-state index contributed by atoms with van der Waals surface area (Å²) in [5.41, 5.74) is 2.30. The van der Waals surface area contributed by atoms with Crippen molar-refractivity contribution in [1.82, 2.24) is 4.90 Å². The molecular weight excluding hydrogens is 266 g/mol. The van der Waals surface area contributed by atoms with E-state index in [0.29, 0.717) is 13.0 Å². The molecule has 0 aromatic heterocycles. The number of carbonyl (C=O) groups excluding carboxylic acids is 1. The zero-order valence-electron chi connectivity index (χ0n) is 10.7. The van der Waals surface area contributed by atoms with Crippen LogP contribution in [-0.2, 0) is 33.3 Å². The Morgan fingerprint density at radius 2 is 2.16 bits per heavy atom. The second-order valence-corrected chi connectivity index (χ2v) is 5.18. The highest BCUT2D eigenvalue weighted by atomic mass is 32.2. The highest BCUT2D eigenvalue weighted by molar-refractivity contribution is 7.74. The molecular formula is C13H17NO4S. The molecule has 1 aromatic rings. The van der Waals surface area contributed by atoms with Crippen LogP contribution in [0.15, 0.2) is 24.3 Å². The van der Waals surface area contributed by atoms with Crippen LogP contribution < -0.4 is 0 Å². The van der Waals surface area contributed by atoms with Crippen LogP contribution in [0.1, 0.15) is 24.5 Å². The zero-order chi connectivity index (χ0) is 13.8. The average molecular weight is 283 g/mol. The summed E-state index contributed by atoms with van der Waals surface area (Å²) < 4.78 is 23.7. The van der Waals surface area contributed by atoms with E-state index in [-0.39, 0.29) is 0 Å². The summed E-state index contributed by atoms with van der Waals surface area (Å²) in [7, 11) is 0. The second kappa shape index (κ2) is 6.27. The van der Waals surface area contributed by atoms with Gasteiger partial charge in [-0.05, 0) is 30.5 Å². The van der Waals surface area contributed by atoms with E-state index in [1.54, 1.807) is 0 Å². The molecule has 1 aliphatic rings. The number of carbonyl (C=O) groups is 1. The predicted octanol–water partition coefficient (Wildman–Crippen LogP) is 1.50. The van der Waals surface area contributed by atoms with Crippen LogP contribution in [0.5, 0.6) is 0 Å². The maximum atomic E-state index is 11.9. The first-order chi connectivity index (χ1) is 9.11. The van der Waals surface area contributed by atoms with Crippen LogP contribution in [0.4, 0.5) is 0 Å². The lowest BCUT2D eigenvalue weighted by Gasteiger charge is -2.34. The van der Waals surface area contributed by atoms with Gasteiger partial charge in [0, 0.05) is 6.54 Å². The number of hydrogen-bond donors (Lipinski definition) is 1. The van der Waals surface area contributed by atoms with Gasteiger partial charge in [-0.15, -0.1) is 0 Å². The Morgan fingerprint density at radius 1 is 1.47 bits per heavy atom. The van der Waals surface area contributed by atoms with Crippen molar-refractivity contribution in [2.24, 2.45) is 0 Å². The minimum atomic E-state index is -2.55. The Hall–Kier alpha value is -1.24. The molecule has 19 heavy (non-hydrogen) atoms. The van der Waals surface area contributed by atoms with Crippen LogP contribution in [0.2, 0.25) is 0 Å². The average Bonchev–Trinajstić information content (AvgIpc) is 2.37. The summed E-state index contributed by atoms with van der Waals surface area (Å²) >= 11 is -2.55. The number of nitrogens with zero attached hydrogens (tertiary/aromatic N) is 1. The Kier molecular flexibility index (Phi) is 4.68. The third-order valence-corrected chi connectivity index (χ3v) is 3.59. The van der Waals surface area contributed by atoms with E-state index in [0.717, 1.165) is 18.5 Å². The molecule has 0 aliphatic carbocycles. The summed E-state index contributed by atoms with van der Waals surface area (Å²) in [6.45, 7) is 3.46. The van der Waals surface area contributed by atoms with E-state index in [4.69, 9.17) is 4.55 Å². The largest absolute Gasteiger partial charge is 0.360 e. The van der Waals surface area contributed by atoms with Crippen LogP contribution in [0.3, 0.4) is 0 Å². The topological polar surface area (TPSA) is 66.8 Å². The number of rotatable bonds is 4. The van der Waals surface area contributed by atoms with Crippen molar-refractivity contribution >= 4 is 17.3 Å². The first-order valence-corrected chi connectivity index (χ1v) is 7.29.